The number of ether oxygens (including phenoxy) is 1. The number of Topliss-reactive ketones (excluding diaryl/α,β-unsaturated/α-hetero) is 1. The number of piperidine rings is 1. The number of phenols is 1. The van der Waals surface area contributed by atoms with Crippen molar-refractivity contribution in [1.29, 1.82) is 0 Å². The molecule has 1 N–H and O–H groups in total. The second-order valence-electron chi connectivity index (χ2n) is 7.25. The number of esters is 1. The molecule has 1 fully saturated rings. The molecular weight excluding hydrogens is 322 g/mol. The van der Waals surface area contributed by atoms with Gasteiger partial charge in [0.1, 0.15) is 11.7 Å². The smallest absolute Gasteiger partial charge is 0.318 e. The van der Waals surface area contributed by atoms with Gasteiger partial charge in [-0.1, -0.05) is 20.8 Å². The lowest BCUT2D eigenvalue weighted by Crippen LogP contribution is -2.47. The van der Waals surface area contributed by atoms with Crippen molar-refractivity contribution >= 4 is 17.7 Å². The molecule has 2 rings (SSSR count). The van der Waals surface area contributed by atoms with E-state index in [0.717, 1.165) is 0 Å². The molecule has 0 saturated carbocycles. The van der Waals surface area contributed by atoms with Gasteiger partial charge in [0.15, 0.2) is 5.78 Å². The number of rotatable bonds is 3. The molecule has 0 spiro atoms. The summed E-state index contributed by atoms with van der Waals surface area (Å²) in [5.41, 5.74) is 0.791. The summed E-state index contributed by atoms with van der Waals surface area (Å²) in [5, 5.41) is 10.0. The van der Waals surface area contributed by atoms with Crippen LogP contribution in [0.2, 0.25) is 0 Å². The third kappa shape index (κ3) is 4.18. The largest absolute Gasteiger partial charge is 0.508 e. The molecule has 0 radical (unpaired) electrons. The first kappa shape index (κ1) is 19.0. The summed E-state index contributed by atoms with van der Waals surface area (Å²) in [7, 11) is 0. The highest BCUT2D eigenvalue weighted by Gasteiger charge is 2.36. The number of ketones is 1. The zero-order valence-corrected chi connectivity index (χ0v) is 15.2. The van der Waals surface area contributed by atoms with Gasteiger partial charge in [0.2, 0.25) is 0 Å². The first-order valence-corrected chi connectivity index (χ1v) is 8.47. The van der Waals surface area contributed by atoms with E-state index in [9.17, 15) is 19.5 Å². The van der Waals surface area contributed by atoms with Crippen LogP contribution < -0.4 is 0 Å². The van der Waals surface area contributed by atoms with Crippen LogP contribution in [0.1, 0.15) is 50.0 Å². The van der Waals surface area contributed by atoms with E-state index < -0.39 is 11.9 Å². The highest BCUT2D eigenvalue weighted by molar-refractivity contribution is 6.02. The Bertz CT molecular complexity index is 690. The average Bonchev–Trinajstić information content (AvgIpc) is 2.54. The summed E-state index contributed by atoms with van der Waals surface area (Å²) in [4.78, 5) is 38.2. The molecule has 136 valence electrons. The topological polar surface area (TPSA) is 83.9 Å². The van der Waals surface area contributed by atoms with Crippen molar-refractivity contribution in [2.45, 2.75) is 39.5 Å². The lowest BCUT2D eigenvalue weighted by atomic mass is 9.85. The first-order valence-electron chi connectivity index (χ1n) is 8.47. The van der Waals surface area contributed by atoms with Crippen LogP contribution in [0.3, 0.4) is 0 Å². The zero-order chi connectivity index (χ0) is 18.8. The highest BCUT2D eigenvalue weighted by Crippen LogP contribution is 2.31. The van der Waals surface area contributed by atoms with Crippen LogP contribution >= 0.6 is 0 Å². The second-order valence-corrected chi connectivity index (χ2v) is 7.25. The number of phenolic OH excluding ortho intramolecular Hbond substituents is 1. The van der Waals surface area contributed by atoms with Gasteiger partial charge < -0.3 is 14.7 Å². The number of hydrogen-bond acceptors (Lipinski definition) is 5. The van der Waals surface area contributed by atoms with Gasteiger partial charge in [-0.25, -0.2) is 0 Å². The van der Waals surface area contributed by atoms with Crippen molar-refractivity contribution in [3.63, 3.8) is 0 Å². The van der Waals surface area contributed by atoms with E-state index >= 15 is 0 Å². The first-order chi connectivity index (χ1) is 11.6. The third-order valence-electron chi connectivity index (χ3n) is 4.33. The van der Waals surface area contributed by atoms with Crippen LogP contribution in [0, 0.1) is 5.92 Å². The average molecular weight is 347 g/mol. The Morgan fingerprint density at radius 2 is 2.00 bits per heavy atom. The molecule has 1 aliphatic heterocycles. The van der Waals surface area contributed by atoms with Crippen LogP contribution in [0.5, 0.6) is 5.75 Å². The van der Waals surface area contributed by atoms with Crippen LogP contribution in [0.4, 0.5) is 0 Å². The molecule has 25 heavy (non-hydrogen) atoms. The number of benzene rings is 1. The van der Waals surface area contributed by atoms with Gasteiger partial charge in [-0.15, -0.1) is 0 Å². The Kier molecular flexibility index (Phi) is 5.50. The minimum absolute atomic E-state index is 0.0300. The third-order valence-corrected chi connectivity index (χ3v) is 4.33. The maximum Gasteiger partial charge on any atom is 0.318 e. The Hall–Kier alpha value is -2.37. The molecule has 1 unspecified atom stereocenters. The number of hydrogen-bond donors (Lipinski definition) is 1. The molecule has 1 aliphatic rings. The number of carbonyl (C=O) groups is 3. The van der Waals surface area contributed by atoms with E-state index in [1.807, 2.05) is 20.8 Å². The summed E-state index contributed by atoms with van der Waals surface area (Å²) in [6, 6.07) is 4.74. The van der Waals surface area contributed by atoms with E-state index in [2.05, 4.69) is 0 Å². The van der Waals surface area contributed by atoms with Crippen LogP contribution in [-0.2, 0) is 19.7 Å². The van der Waals surface area contributed by atoms with Gasteiger partial charge in [0, 0.05) is 30.6 Å². The SMILES string of the molecule is CCOC(=O)C1CN(C(=O)c2ccc(O)c(C(C)(C)C)c2)CCC1=O. The quantitative estimate of drug-likeness (QED) is 0.670. The van der Waals surface area contributed by atoms with Gasteiger partial charge in [-0.2, -0.15) is 0 Å². The monoisotopic (exact) mass is 347 g/mol. The Labute approximate surface area is 147 Å². The van der Waals surface area contributed by atoms with Gasteiger partial charge in [0.25, 0.3) is 5.91 Å². The molecule has 0 aliphatic carbocycles. The normalized spacial score (nSPS) is 18.2. The standard InChI is InChI=1S/C19H25NO5/c1-5-25-18(24)13-11-20(9-8-15(13)21)17(23)12-6-7-16(22)14(10-12)19(2,3)4/h6-7,10,13,22H,5,8-9,11H2,1-4H3. The molecule has 1 aromatic carbocycles. The molecule has 0 aromatic heterocycles. The molecule has 1 atom stereocenters. The molecular formula is C19H25NO5. The molecule has 0 bridgehead atoms. The maximum absolute atomic E-state index is 12.8. The Morgan fingerprint density at radius 1 is 1.32 bits per heavy atom. The molecule has 1 aromatic rings. The van der Waals surface area contributed by atoms with Crippen molar-refractivity contribution in [2.75, 3.05) is 19.7 Å². The van der Waals surface area contributed by atoms with Gasteiger partial charge >= 0.3 is 5.97 Å². The van der Waals surface area contributed by atoms with E-state index in [1.165, 1.54) is 11.0 Å². The van der Waals surface area contributed by atoms with Gasteiger partial charge in [0.05, 0.1) is 6.61 Å². The van der Waals surface area contributed by atoms with Crippen molar-refractivity contribution < 1.29 is 24.2 Å². The van der Waals surface area contributed by atoms with E-state index in [-0.39, 0.29) is 49.0 Å². The van der Waals surface area contributed by atoms with Crippen molar-refractivity contribution in [2.24, 2.45) is 5.92 Å². The summed E-state index contributed by atoms with van der Waals surface area (Å²) in [6.45, 7) is 8.04. The fourth-order valence-corrected chi connectivity index (χ4v) is 2.92. The summed E-state index contributed by atoms with van der Waals surface area (Å²) in [6.07, 6.45) is 0.138. The van der Waals surface area contributed by atoms with E-state index in [0.29, 0.717) is 11.1 Å². The number of nitrogens with zero attached hydrogens (tertiary/aromatic N) is 1. The van der Waals surface area contributed by atoms with Crippen LogP contribution in [-0.4, -0.2) is 47.4 Å². The molecule has 6 nitrogen and oxygen atoms in total. The summed E-state index contributed by atoms with van der Waals surface area (Å²) < 4.78 is 4.93. The molecule has 1 saturated heterocycles. The number of aromatic hydroxyl groups is 1. The number of amides is 1. The highest BCUT2D eigenvalue weighted by atomic mass is 16.5. The predicted molar refractivity (Wildman–Crippen MR) is 92.5 cm³/mol. The predicted octanol–water partition coefficient (Wildman–Crippen LogP) is 2.28. The van der Waals surface area contributed by atoms with Gasteiger partial charge in [-0.3, -0.25) is 14.4 Å². The lowest BCUT2D eigenvalue weighted by Gasteiger charge is -2.31. The van der Waals surface area contributed by atoms with Crippen molar-refractivity contribution in [3.8, 4) is 5.75 Å². The molecule has 6 heteroatoms. The molecule has 1 heterocycles. The second kappa shape index (κ2) is 7.25. The zero-order valence-electron chi connectivity index (χ0n) is 15.2. The summed E-state index contributed by atoms with van der Waals surface area (Å²) in [5.74, 6) is -1.80. The number of carbonyl (C=O) groups excluding carboxylic acids is 3. The molecule has 1 amide bonds. The Balaban J connectivity index is 2.23. The van der Waals surface area contributed by atoms with E-state index in [4.69, 9.17) is 4.74 Å². The number of likely N-dealkylation sites (tertiary alicyclic amines) is 1. The van der Waals surface area contributed by atoms with E-state index in [1.54, 1.807) is 19.1 Å². The van der Waals surface area contributed by atoms with Crippen LogP contribution in [0.25, 0.3) is 0 Å². The van der Waals surface area contributed by atoms with Crippen molar-refractivity contribution in [1.82, 2.24) is 4.90 Å². The maximum atomic E-state index is 12.8. The minimum Gasteiger partial charge on any atom is -0.508 e. The summed E-state index contributed by atoms with van der Waals surface area (Å²) >= 11 is 0. The Morgan fingerprint density at radius 3 is 2.60 bits per heavy atom. The van der Waals surface area contributed by atoms with Crippen LogP contribution in [0.15, 0.2) is 18.2 Å². The van der Waals surface area contributed by atoms with Gasteiger partial charge in [-0.05, 0) is 30.5 Å². The fourth-order valence-electron chi connectivity index (χ4n) is 2.92. The van der Waals surface area contributed by atoms with Crippen molar-refractivity contribution in [3.05, 3.63) is 29.3 Å². The minimum atomic E-state index is -0.920. The lowest BCUT2D eigenvalue weighted by molar-refractivity contribution is -0.153. The fraction of sp³-hybridized carbons (Fsp3) is 0.526.